The zero-order valence-electron chi connectivity index (χ0n) is 15.2. The summed E-state index contributed by atoms with van der Waals surface area (Å²) < 4.78 is 10.8. The summed E-state index contributed by atoms with van der Waals surface area (Å²) in [4.78, 5) is 25.1. The van der Waals surface area contributed by atoms with Gasteiger partial charge in [-0.25, -0.2) is 4.79 Å². The molecule has 28 heavy (non-hydrogen) atoms. The molecule has 0 saturated carbocycles. The highest BCUT2D eigenvalue weighted by atomic mass is 35.5. The Bertz CT molecular complexity index is 1110. The first-order valence-electron chi connectivity index (χ1n) is 8.88. The number of hydrogen-bond donors (Lipinski definition) is 1. The molecule has 1 aliphatic rings. The van der Waals surface area contributed by atoms with Gasteiger partial charge in [-0.1, -0.05) is 11.6 Å². The molecule has 5 nitrogen and oxygen atoms in total. The zero-order chi connectivity index (χ0) is 19.7. The predicted molar refractivity (Wildman–Crippen MR) is 110 cm³/mol. The van der Waals surface area contributed by atoms with Crippen LogP contribution in [0.2, 0.25) is 5.02 Å². The largest absolute Gasteiger partial charge is 0.484 e. The first kappa shape index (κ1) is 18.9. The maximum atomic E-state index is 12.4. The number of aryl methyl sites for hydroxylation is 1. The number of carbonyl (C=O) groups excluding carboxylic acids is 1. The minimum Gasteiger partial charge on any atom is -0.484 e. The number of rotatable bonds is 4. The fraction of sp³-hybridized carbons (Fsp3) is 0.238. The van der Waals surface area contributed by atoms with Crippen molar-refractivity contribution >= 4 is 40.2 Å². The minimum absolute atomic E-state index is 0.0803. The maximum Gasteiger partial charge on any atom is 0.336 e. The van der Waals surface area contributed by atoms with E-state index in [2.05, 4.69) is 5.32 Å². The Morgan fingerprint density at radius 1 is 1.29 bits per heavy atom. The highest BCUT2D eigenvalue weighted by Crippen LogP contribution is 2.37. The molecule has 0 radical (unpaired) electrons. The van der Waals surface area contributed by atoms with Crippen LogP contribution in [0.3, 0.4) is 0 Å². The summed E-state index contributed by atoms with van der Waals surface area (Å²) in [6.07, 6.45) is 0.837. The number of hydrogen-bond acceptors (Lipinski definition) is 5. The van der Waals surface area contributed by atoms with Gasteiger partial charge in [0, 0.05) is 33.2 Å². The standard InChI is InChI=1S/C21H18ClNO4S/c1-12-8-21(25)27-18-10-14(3-4-15(12)18)26-11-20(24)23-17-6-7-28-19-5-2-13(22)9-16(17)19/h2-5,8-10,17H,6-7,11H2,1H3,(H,23,24)/t17-/m1/s1. The van der Waals surface area contributed by atoms with Crippen molar-refractivity contribution in [1.29, 1.82) is 0 Å². The molecule has 0 fully saturated rings. The summed E-state index contributed by atoms with van der Waals surface area (Å²) in [5.74, 6) is 1.19. The van der Waals surface area contributed by atoms with E-state index in [9.17, 15) is 9.59 Å². The van der Waals surface area contributed by atoms with Crippen LogP contribution in [0.1, 0.15) is 23.6 Å². The molecule has 0 bridgehead atoms. The number of fused-ring (bicyclic) bond motifs is 2. The van der Waals surface area contributed by atoms with Crippen LogP contribution in [0.25, 0.3) is 11.0 Å². The van der Waals surface area contributed by atoms with Gasteiger partial charge in [0.1, 0.15) is 11.3 Å². The van der Waals surface area contributed by atoms with E-state index in [1.807, 2.05) is 31.2 Å². The molecule has 144 valence electrons. The smallest absolute Gasteiger partial charge is 0.336 e. The summed E-state index contributed by atoms with van der Waals surface area (Å²) in [5.41, 5.74) is 1.91. The third-order valence-electron chi connectivity index (χ3n) is 4.64. The van der Waals surface area contributed by atoms with Gasteiger partial charge in [-0.05, 0) is 54.8 Å². The lowest BCUT2D eigenvalue weighted by Gasteiger charge is -2.26. The maximum absolute atomic E-state index is 12.4. The van der Waals surface area contributed by atoms with Crippen LogP contribution >= 0.6 is 23.4 Å². The molecule has 1 aromatic heterocycles. The molecule has 1 amide bonds. The summed E-state index contributed by atoms with van der Waals surface area (Å²) in [6, 6.07) is 12.3. The monoisotopic (exact) mass is 415 g/mol. The van der Waals surface area contributed by atoms with E-state index in [0.717, 1.165) is 33.6 Å². The molecule has 1 N–H and O–H groups in total. The molecular weight excluding hydrogens is 398 g/mol. The molecule has 0 aliphatic carbocycles. The average molecular weight is 416 g/mol. The Balaban J connectivity index is 1.44. The fourth-order valence-corrected chi connectivity index (χ4v) is 4.58. The second-order valence-electron chi connectivity index (χ2n) is 6.63. The van der Waals surface area contributed by atoms with E-state index in [0.29, 0.717) is 16.4 Å². The van der Waals surface area contributed by atoms with Gasteiger partial charge in [0.15, 0.2) is 6.61 Å². The second-order valence-corrected chi connectivity index (χ2v) is 8.21. The van der Waals surface area contributed by atoms with Crippen molar-refractivity contribution in [2.24, 2.45) is 0 Å². The summed E-state index contributed by atoms with van der Waals surface area (Å²) >= 11 is 7.88. The van der Waals surface area contributed by atoms with Gasteiger partial charge >= 0.3 is 5.63 Å². The van der Waals surface area contributed by atoms with Crippen LogP contribution in [0.5, 0.6) is 5.75 Å². The van der Waals surface area contributed by atoms with Crippen molar-refractivity contribution in [3.8, 4) is 5.75 Å². The van der Waals surface area contributed by atoms with Gasteiger partial charge in [-0.15, -0.1) is 11.8 Å². The molecule has 1 atom stereocenters. The number of amides is 1. The Morgan fingerprint density at radius 2 is 2.14 bits per heavy atom. The molecule has 1 aliphatic heterocycles. The fourth-order valence-electron chi connectivity index (χ4n) is 3.30. The van der Waals surface area contributed by atoms with E-state index in [-0.39, 0.29) is 18.6 Å². The number of benzene rings is 2. The topological polar surface area (TPSA) is 68.5 Å². The van der Waals surface area contributed by atoms with Crippen LogP contribution in [0, 0.1) is 6.92 Å². The van der Waals surface area contributed by atoms with E-state index >= 15 is 0 Å². The molecule has 7 heteroatoms. The van der Waals surface area contributed by atoms with Gasteiger partial charge in [0.05, 0.1) is 6.04 Å². The predicted octanol–water partition coefficient (Wildman–Crippen LogP) is 4.49. The molecule has 2 aromatic carbocycles. The lowest BCUT2D eigenvalue weighted by atomic mass is 10.0. The van der Waals surface area contributed by atoms with Crippen molar-refractivity contribution in [1.82, 2.24) is 5.32 Å². The van der Waals surface area contributed by atoms with E-state index in [4.69, 9.17) is 20.8 Å². The molecule has 0 saturated heterocycles. The van der Waals surface area contributed by atoms with E-state index in [1.54, 1.807) is 23.9 Å². The van der Waals surface area contributed by atoms with Crippen LogP contribution in [-0.4, -0.2) is 18.3 Å². The van der Waals surface area contributed by atoms with Crippen molar-refractivity contribution in [3.05, 3.63) is 69.0 Å². The van der Waals surface area contributed by atoms with Crippen molar-refractivity contribution in [3.63, 3.8) is 0 Å². The summed E-state index contributed by atoms with van der Waals surface area (Å²) in [6.45, 7) is 1.72. The minimum atomic E-state index is -0.410. The SMILES string of the molecule is Cc1cc(=O)oc2cc(OCC(=O)N[C@@H]3CCSc4ccc(Cl)cc43)ccc12. The second kappa shape index (κ2) is 7.89. The summed E-state index contributed by atoms with van der Waals surface area (Å²) in [5, 5.41) is 4.51. The van der Waals surface area contributed by atoms with Gasteiger partial charge in [0.2, 0.25) is 0 Å². The zero-order valence-corrected chi connectivity index (χ0v) is 16.7. The molecule has 0 spiro atoms. The normalized spacial score (nSPS) is 15.9. The van der Waals surface area contributed by atoms with Crippen molar-refractivity contribution in [2.45, 2.75) is 24.3 Å². The van der Waals surface area contributed by atoms with Gasteiger partial charge in [-0.2, -0.15) is 0 Å². The van der Waals surface area contributed by atoms with Crippen LogP contribution < -0.4 is 15.7 Å². The molecule has 4 rings (SSSR count). The highest BCUT2D eigenvalue weighted by Gasteiger charge is 2.22. The lowest BCUT2D eigenvalue weighted by Crippen LogP contribution is -2.34. The Morgan fingerprint density at radius 3 is 3.00 bits per heavy atom. The van der Waals surface area contributed by atoms with Gasteiger partial charge < -0.3 is 14.5 Å². The Kier molecular flexibility index (Phi) is 5.33. The molecule has 2 heterocycles. The average Bonchev–Trinajstić information content (AvgIpc) is 2.66. The highest BCUT2D eigenvalue weighted by molar-refractivity contribution is 7.99. The Hall–Kier alpha value is -2.44. The number of nitrogens with one attached hydrogen (secondary N) is 1. The van der Waals surface area contributed by atoms with Crippen LogP contribution in [0.4, 0.5) is 0 Å². The number of halogens is 1. The number of ether oxygens (including phenoxy) is 1. The van der Waals surface area contributed by atoms with Crippen LogP contribution in [0.15, 0.2) is 56.6 Å². The number of thioether (sulfide) groups is 1. The first-order chi connectivity index (χ1) is 13.5. The molecule has 3 aromatic rings. The van der Waals surface area contributed by atoms with Crippen LogP contribution in [-0.2, 0) is 4.79 Å². The van der Waals surface area contributed by atoms with Gasteiger partial charge in [0.25, 0.3) is 5.91 Å². The third-order valence-corrected chi connectivity index (χ3v) is 6.00. The quantitative estimate of drug-likeness (QED) is 0.636. The van der Waals surface area contributed by atoms with E-state index < -0.39 is 5.63 Å². The first-order valence-corrected chi connectivity index (χ1v) is 10.2. The van der Waals surface area contributed by atoms with E-state index in [1.165, 1.54) is 6.07 Å². The molecular formula is C21H18ClNO4S. The lowest BCUT2D eigenvalue weighted by molar-refractivity contribution is -0.123. The Labute approximate surface area is 171 Å². The van der Waals surface area contributed by atoms with Crippen molar-refractivity contribution in [2.75, 3.05) is 12.4 Å². The molecule has 0 unspecified atom stereocenters. The third kappa shape index (κ3) is 4.03. The number of carbonyl (C=O) groups is 1. The summed E-state index contributed by atoms with van der Waals surface area (Å²) in [7, 11) is 0. The van der Waals surface area contributed by atoms with Gasteiger partial charge in [-0.3, -0.25) is 4.79 Å². The van der Waals surface area contributed by atoms with Crippen molar-refractivity contribution < 1.29 is 13.9 Å².